The highest BCUT2D eigenvalue weighted by atomic mass is 35.5. The Morgan fingerprint density at radius 1 is 1.28 bits per heavy atom. The summed E-state index contributed by atoms with van der Waals surface area (Å²) in [5.74, 6) is -0.669. The van der Waals surface area contributed by atoms with E-state index in [9.17, 15) is 18.0 Å². The molecule has 0 atom stereocenters. The summed E-state index contributed by atoms with van der Waals surface area (Å²) in [6, 6.07) is 4.78. The second kappa shape index (κ2) is 8.25. The molecule has 1 N–H and O–H groups in total. The van der Waals surface area contributed by atoms with Crippen molar-refractivity contribution in [2.24, 2.45) is 0 Å². The van der Waals surface area contributed by atoms with Gasteiger partial charge in [-0.25, -0.2) is 9.97 Å². The number of carbonyl (C=O) groups is 1. The normalized spacial score (nSPS) is 11.4. The number of Topliss-reactive ketones (excluding diaryl/α,β-unsaturated/α-hetero) is 1. The lowest BCUT2D eigenvalue weighted by Crippen LogP contribution is -2.23. The van der Waals surface area contributed by atoms with Gasteiger partial charge in [-0.3, -0.25) is 4.79 Å². The first-order chi connectivity index (χ1) is 11.7. The Kier molecular flexibility index (Phi) is 6.53. The number of aromatic nitrogens is 2. The number of benzene rings is 1. The van der Waals surface area contributed by atoms with E-state index in [1.807, 2.05) is 0 Å². The van der Waals surface area contributed by atoms with Gasteiger partial charge in [-0.2, -0.15) is 13.2 Å². The summed E-state index contributed by atoms with van der Waals surface area (Å²) in [6.07, 6.45) is -1.75. The van der Waals surface area contributed by atoms with Crippen LogP contribution in [0.3, 0.4) is 0 Å². The molecule has 4 nitrogen and oxygen atoms in total. The van der Waals surface area contributed by atoms with Gasteiger partial charge in [0.2, 0.25) is 0 Å². The molecule has 25 heavy (non-hydrogen) atoms. The van der Waals surface area contributed by atoms with Crippen LogP contribution in [0.15, 0.2) is 29.6 Å². The van der Waals surface area contributed by atoms with Gasteiger partial charge in [0.15, 0.2) is 10.9 Å². The van der Waals surface area contributed by atoms with Gasteiger partial charge < -0.3 is 5.32 Å². The predicted molar refractivity (Wildman–Crippen MR) is 92.9 cm³/mol. The third kappa shape index (κ3) is 5.49. The summed E-state index contributed by atoms with van der Waals surface area (Å²) in [4.78, 5) is 20.4. The molecule has 0 fully saturated rings. The van der Waals surface area contributed by atoms with Gasteiger partial charge in [-0.1, -0.05) is 41.0 Å². The first kappa shape index (κ1) is 19.8. The molecule has 0 saturated heterocycles. The molecule has 0 aliphatic carbocycles. The molecule has 0 amide bonds. The number of carbonyl (C=O) groups excluding carboxylic acids is 1. The van der Waals surface area contributed by atoms with Crippen molar-refractivity contribution in [2.45, 2.75) is 17.8 Å². The smallest absolute Gasteiger partial charge is 0.360 e. The molecule has 1 heterocycles. The number of anilines is 1. The van der Waals surface area contributed by atoms with E-state index in [4.69, 9.17) is 23.2 Å². The van der Waals surface area contributed by atoms with E-state index in [-0.39, 0.29) is 23.0 Å². The quantitative estimate of drug-likeness (QED) is 0.417. The van der Waals surface area contributed by atoms with Crippen molar-refractivity contribution in [3.63, 3.8) is 0 Å². The number of hydrogen-bond acceptors (Lipinski definition) is 5. The minimum atomic E-state index is -4.45. The van der Waals surface area contributed by atoms with Crippen LogP contribution in [-0.4, -0.2) is 34.7 Å². The maximum absolute atomic E-state index is 12.5. The third-order valence-corrected chi connectivity index (χ3v) is 4.38. The van der Waals surface area contributed by atoms with Crippen LogP contribution in [0.2, 0.25) is 10.0 Å². The van der Waals surface area contributed by atoms with E-state index in [2.05, 4.69) is 15.3 Å². The maximum Gasteiger partial charge on any atom is 0.405 e. The predicted octanol–water partition coefficient (Wildman–Crippen LogP) is 4.90. The molecule has 134 valence electrons. The van der Waals surface area contributed by atoms with Crippen LogP contribution in [0.25, 0.3) is 0 Å². The summed E-state index contributed by atoms with van der Waals surface area (Å²) in [7, 11) is 0. The van der Waals surface area contributed by atoms with E-state index in [0.717, 1.165) is 11.8 Å². The molecule has 2 aromatic rings. The molecule has 0 bridgehead atoms. The van der Waals surface area contributed by atoms with Gasteiger partial charge in [0.25, 0.3) is 0 Å². The third-order valence-electron chi connectivity index (χ3n) is 3.10. The number of halogens is 5. The first-order valence-electron chi connectivity index (χ1n) is 6.89. The molecule has 0 aliphatic rings. The highest BCUT2D eigenvalue weighted by Crippen LogP contribution is 2.27. The Bertz CT molecular complexity index is 767. The number of rotatable bonds is 6. The van der Waals surface area contributed by atoms with Crippen molar-refractivity contribution in [1.82, 2.24) is 9.97 Å². The number of hydrogen-bond donors (Lipinski definition) is 1. The molecule has 0 radical (unpaired) electrons. The molecule has 1 aromatic carbocycles. The molecule has 0 spiro atoms. The second-order valence-corrected chi connectivity index (χ2v) is 6.48. The minimum absolute atomic E-state index is 0.0574. The fraction of sp³-hybridized carbons (Fsp3) is 0.267. The number of nitrogens with zero attached hydrogens (tertiary/aromatic N) is 2. The fourth-order valence-electron chi connectivity index (χ4n) is 1.94. The molecule has 0 aliphatic heterocycles. The van der Waals surface area contributed by atoms with Crippen molar-refractivity contribution in [2.75, 3.05) is 18.1 Å². The molecule has 2 rings (SSSR count). The number of nitrogens with one attached hydrogen (secondary N) is 1. The van der Waals surface area contributed by atoms with Crippen LogP contribution in [-0.2, 0) is 6.42 Å². The second-order valence-electron chi connectivity index (χ2n) is 4.89. The average molecular weight is 410 g/mol. The van der Waals surface area contributed by atoms with E-state index in [0.29, 0.717) is 15.6 Å². The van der Waals surface area contributed by atoms with E-state index in [1.165, 1.54) is 6.20 Å². The summed E-state index contributed by atoms with van der Waals surface area (Å²) in [5.41, 5.74) is 0.338. The zero-order valence-electron chi connectivity index (χ0n) is 12.8. The lowest BCUT2D eigenvalue weighted by molar-refractivity contribution is -0.115. The number of alkyl halides is 3. The van der Waals surface area contributed by atoms with Crippen LogP contribution >= 0.6 is 35.0 Å². The number of thioether (sulfide) groups is 1. The lowest BCUT2D eigenvalue weighted by Gasteiger charge is -2.13. The van der Waals surface area contributed by atoms with Crippen LogP contribution in [0.5, 0.6) is 0 Å². The molecule has 1 aromatic heterocycles. The van der Waals surface area contributed by atoms with Crippen LogP contribution in [0.1, 0.15) is 15.9 Å². The Morgan fingerprint density at radius 3 is 2.48 bits per heavy atom. The Hall–Kier alpha value is -1.51. The summed E-state index contributed by atoms with van der Waals surface area (Å²) >= 11 is 13.2. The van der Waals surface area contributed by atoms with Gasteiger partial charge in [-0.05, 0) is 24.0 Å². The van der Waals surface area contributed by atoms with Gasteiger partial charge in [0, 0.05) is 22.7 Å². The molecule has 0 saturated carbocycles. The zero-order chi connectivity index (χ0) is 18.6. The van der Waals surface area contributed by atoms with Gasteiger partial charge in [0.05, 0.1) is 5.56 Å². The van der Waals surface area contributed by atoms with Crippen LogP contribution < -0.4 is 5.32 Å². The van der Waals surface area contributed by atoms with Crippen molar-refractivity contribution >= 4 is 46.6 Å². The maximum atomic E-state index is 12.5. The van der Waals surface area contributed by atoms with Crippen molar-refractivity contribution < 1.29 is 18.0 Å². The van der Waals surface area contributed by atoms with Gasteiger partial charge >= 0.3 is 6.18 Å². The lowest BCUT2D eigenvalue weighted by atomic mass is 10.0. The van der Waals surface area contributed by atoms with E-state index < -0.39 is 18.5 Å². The Labute approximate surface area is 156 Å². The first-order valence-corrected chi connectivity index (χ1v) is 8.87. The van der Waals surface area contributed by atoms with Crippen molar-refractivity contribution in [3.05, 3.63) is 45.6 Å². The molecule has 10 heteroatoms. The monoisotopic (exact) mass is 409 g/mol. The zero-order valence-corrected chi connectivity index (χ0v) is 15.2. The molecular weight excluding hydrogens is 398 g/mol. The van der Waals surface area contributed by atoms with E-state index >= 15 is 0 Å². The highest BCUT2D eigenvalue weighted by molar-refractivity contribution is 7.98. The van der Waals surface area contributed by atoms with Crippen LogP contribution in [0, 0.1) is 0 Å². The standard InChI is InChI=1S/C15H12Cl2F3N3OS/c1-25-14-21-6-9(13(23-14)22-7-15(18,19)20)12(24)5-8-10(16)3-2-4-11(8)17/h2-4,6H,5,7H2,1H3,(H,21,22,23). The number of ketones is 1. The van der Waals surface area contributed by atoms with E-state index in [1.54, 1.807) is 24.5 Å². The van der Waals surface area contributed by atoms with Crippen molar-refractivity contribution in [3.8, 4) is 0 Å². The summed E-state index contributed by atoms with van der Waals surface area (Å²) in [5, 5.41) is 2.99. The largest absolute Gasteiger partial charge is 0.405 e. The molecule has 0 unspecified atom stereocenters. The summed E-state index contributed by atoms with van der Waals surface area (Å²) in [6.45, 7) is -1.31. The fourth-order valence-corrected chi connectivity index (χ4v) is 2.82. The topological polar surface area (TPSA) is 54.9 Å². The van der Waals surface area contributed by atoms with Crippen LogP contribution in [0.4, 0.5) is 19.0 Å². The Balaban J connectivity index is 2.31. The van der Waals surface area contributed by atoms with Gasteiger partial charge in [-0.15, -0.1) is 0 Å². The van der Waals surface area contributed by atoms with Gasteiger partial charge in [0.1, 0.15) is 12.4 Å². The summed E-state index contributed by atoms with van der Waals surface area (Å²) < 4.78 is 37.4. The Morgan fingerprint density at radius 2 is 1.92 bits per heavy atom. The van der Waals surface area contributed by atoms with Crippen molar-refractivity contribution in [1.29, 1.82) is 0 Å². The SMILES string of the molecule is CSc1ncc(C(=O)Cc2c(Cl)cccc2Cl)c(NCC(F)(F)F)n1. The average Bonchev–Trinajstić information content (AvgIpc) is 2.55. The highest BCUT2D eigenvalue weighted by Gasteiger charge is 2.28. The molecular formula is C15H12Cl2F3N3OS. The minimum Gasteiger partial charge on any atom is -0.360 e.